The lowest BCUT2D eigenvalue weighted by Gasteiger charge is -1.87. The van der Waals surface area contributed by atoms with Gasteiger partial charge in [0.2, 0.25) is 0 Å². The summed E-state index contributed by atoms with van der Waals surface area (Å²) in [6.07, 6.45) is 1.69. The average molecular weight is 130 g/mol. The van der Waals surface area contributed by atoms with Crippen molar-refractivity contribution in [2.24, 2.45) is 4.40 Å². The maximum absolute atomic E-state index is 10.4. The van der Waals surface area contributed by atoms with Crippen LogP contribution in [0.5, 0.6) is 0 Å². The van der Waals surface area contributed by atoms with Crippen LogP contribution in [-0.4, -0.2) is 17.1 Å². The highest BCUT2D eigenvalue weighted by atomic mass is 32.2. The van der Waals surface area contributed by atoms with Gasteiger partial charge in [-0.25, -0.2) is 4.21 Å². The van der Waals surface area contributed by atoms with Crippen molar-refractivity contribution in [3.8, 4) is 0 Å². The highest BCUT2D eigenvalue weighted by Crippen LogP contribution is 1.96. The summed E-state index contributed by atoms with van der Waals surface area (Å²) in [5.41, 5.74) is 0. The van der Waals surface area contributed by atoms with E-state index in [0.717, 1.165) is 0 Å². The van der Waals surface area contributed by atoms with E-state index in [2.05, 4.69) is 9.71 Å². The highest BCUT2D eigenvalue weighted by Gasteiger charge is 2.00. The Kier molecular flexibility index (Phi) is 1.43. The van der Waals surface area contributed by atoms with Gasteiger partial charge in [0.25, 0.3) is 0 Å². The van der Waals surface area contributed by atoms with Crippen molar-refractivity contribution in [2.45, 2.75) is 0 Å². The minimum atomic E-state index is -1.11. The van der Waals surface area contributed by atoms with E-state index in [9.17, 15) is 4.21 Å². The lowest BCUT2D eigenvalue weighted by atomic mass is 10.6. The van der Waals surface area contributed by atoms with Crippen LogP contribution in [0.1, 0.15) is 0 Å². The summed E-state index contributed by atoms with van der Waals surface area (Å²) in [4.78, 5) is 0. The normalized spacial score (nSPS) is 25.6. The predicted octanol–water partition coefficient (Wildman–Crippen LogP) is -0.205. The molecule has 0 bridgehead atoms. The van der Waals surface area contributed by atoms with Gasteiger partial charge in [0.1, 0.15) is 5.84 Å². The van der Waals surface area contributed by atoms with Crippen LogP contribution in [0.4, 0.5) is 0 Å². The molecule has 1 heterocycles. The Bertz CT molecular complexity index is 173. The Hall–Kier alpha value is -0.640. The van der Waals surface area contributed by atoms with E-state index in [1.165, 1.54) is 5.41 Å². The number of hydrogen-bond acceptors (Lipinski definition) is 2. The Morgan fingerprint density at radius 2 is 2.62 bits per heavy atom. The second-order valence-electron chi connectivity index (χ2n) is 1.31. The summed E-state index contributed by atoms with van der Waals surface area (Å²) in [6.45, 7) is 0. The molecule has 0 spiro atoms. The second kappa shape index (κ2) is 2.09. The summed E-state index contributed by atoms with van der Waals surface area (Å²) in [7, 11) is 0.634. The first-order valence-corrected chi connectivity index (χ1v) is 3.35. The topological polar surface area (TPSA) is 41.5 Å². The monoisotopic (exact) mass is 130 g/mol. The van der Waals surface area contributed by atoms with Crippen LogP contribution in [0.3, 0.4) is 0 Å². The van der Waals surface area contributed by atoms with Crippen molar-refractivity contribution in [1.29, 1.82) is 0 Å². The number of rotatable bonds is 0. The van der Waals surface area contributed by atoms with Crippen molar-refractivity contribution < 1.29 is 4.21 Å². The van der Waals surface area contributed by atoms with E-state index in [-0.39, 0.29) is 0 Å². The zero-order valence-electron chi connectivity index (χ0n) is 4.42. The van der Waals surface area contributed by atoms with Gasteiger partial charge >= 0.3 is 0 Å². The molecular weight excluding hydrogens is 124 g/mol. The predicted molar refractivity (Wildman–Crippen MR) is 33.8 cm³/mol. The highest BCUT2D eigenvalue weighted by molar-refractivity contribution is 7.87. The van der Waals surface area contributed by atoms with Gasteiger partial charge < -0.3 is 5.32 Å². The van der Waals surface area contributed by atoms with Crippen molar-refractivity contribution in [3.05, 3.63) is 11.5 Å². The van der Waals surface area contributed by atoms with Gasteiger partial charge in [0.05, 0.1) is 0 Å². The fraction of sp³-hybridized carbons (Fsp3) is 0.250. The van der Waals surface area contributed by atoms with Crippen LogP contribution in [0.15, 0.2) is 15.9 Å². The molecule has 0 fully saturated rings. The fourth-order valence-electron chi connectivity index (χ4n) is 0.409. The molecule has 8 heavy (non-hydrogen) atoms. The maximum Gasteiger partial charge on any atom is 0.167 e. The quantitative estimate of drug-likeness (QED) is 0.493. The maximum atomic E-state index is 10.4. The van der Waals surface area contributed by atoms with Crippen LogP contribution >= 0.6 is 0 Å². The number of nitrogens with one attached hydrogen (secondary N) is 1. The molecule has 0 saturated heterocycles. The fourth-order valence-corrected chi connectivity index (χ4v) is 1.06. The van der Waals surface area contributed by atoms with E-state index in [1.54, 1.807) is 13.1 Å². The van der Waals surface area contributed by atoms with Gasteiger partial charge in [-0.3, -0.25) is 0 Å². The average Bonchev–Trinajstić information content (AvgIpc) is 2.14. The van der Waals surface area contributed by atoms with Crippen molar-refractivity contribution >= 4 is 16.8 Å². The van der Waals surface area contributed by atoms with Gasteiger partial charge in [-0.1, -0.05) is 0 Å². The minimum absolute atomic E-state index is 0.684. The molecule has 1 rings (SSSR count). The van der Waals surface area contributed by atoms with Crippen LogP contribution in [-0.2, 0) is 11.0 Å². The molecule has 1 unspecified atom stereocenters. The van der Waals surface area contributed by atoms with Gasteiger partial charge in [0.15, 0.2) is 11.0 Å². The van der Waals surface area contributed by atoms with E-state index in [4.69, 9.17) is 0 Å². The molecule has 0 aromatic carbocycles. The van der Waals surface area contributed by atoms with E-state index < -0.39 is 11.0 Å². The Balaban J connectivity index is 2.72. The summed E-state index contributed by atoms with van der Waals surface area (Å²) < 4.78 is 14.1. The number of amidine groups is 1. The number of hydrogen-bond donors (Lipinski definition) is 1. The first-order valence-electron chi connectivity index (χ1n) is 2.18. The third-order valence-corrected chi connectivity index (χ3v) is 1.53. The molecule has 4 heteroatoms. The smallest absolute Gasteiger partial charge is 0.167 e. The van der Waals surface area contributed by atoms with Crippen LogP contribution in [0.2, 0.25) is 0 Å². The molecule has 0 aliphatic carbocycles. The third-order valence-electron chi connectivity index (χ3n) is 0.787. The molecule has 1 atom stereocenters. The molecule has 0 aromatic heterocycles. The Morgan fingerprint density at radius 1 is 1.88 bits per heavy atom. The van der Waals surface area contributed by atoms with Gasteiger partial charge in [-0.05, 0) is 6.08 Å². The Morgan fingerprint density at radius 3 is 2.88 bits per heavy atom. The van der Waals surface area contributed by atoms with E-state index in [0.29, 0.717) is 5.84 Å². The molecule has 0 aromatic rings. The number of nitrogens with zero attached hydrogens (tertiary/aromatic N) is 1. The first-order chi connectivity index (χ1) is 3.83. The zero-order chi connectivity index (χ0) is 5.98. The molecule has 1 aliphatic rings. The van der Waals surface area contributed by atoms with Crippen molar-refractivity contribution in [2.75, 3.05) is 7.05 Å². The molecule has 44 valence electrons. The second-order valence-corrected chi connectivity index (χ2v) is 2.31. The molecule has 0 amide bonds. The molecule has 0 radical (unpaired) electrons. The van der Waals surface area contributed by atoms with E-state index in [1.807, 2.05) is 0 Å². The summed E-state index contributed by atoms with van der Waals surface area (Å²) in [5.74, 6) is 0.684. The van der Waals surface area contributed by atoms with Crippen LogP contribution in [0, 0.1) is 0 Å². The van der Waals surface area contributed by atoms with Crippen LogP contribution < -0.4 is 5.32 Å². The van der Waals surface area contributed by atoms with Gasteiger partial charge in [-0.15, -0.1) is 0 Å². The molecular formula is C4H6N2OS. The first kappa shape index (κ1) is 5.50. The largest absolute Gasteiger partial charge is 0.373 e. The van der Waals surface area contributed by atoms with Crippen molar-refractivity contribution in [1.82, 2.24) is 5.32 Å². The third kappa shape index (κ3) is 0.949. The lowest BCUT2D eigenvalue weighted by Crippen LogP contribution is -2.12. The molecule has 1 aliphatic heterocycles. The van der Waals surface area contributed by atoms with Crippen LogP contribution in [0.25, 0.3) is 0 Å². The van der Waals surface area contributed by atoms with Gasteiger partial charge in [-0.2, -0.15) is 4.40 Å². The standard InChI is InChI=1S/C4H6N2OS/c1-5-4-2-3-8(7)6-4/h2-3H,1H3,(H,5,6). The van der Waals surface area contributed by atoms with E-state index >= 15 is 0 Å². The van der Waals surface area contributed by atoms with Crippen molar-refractivity contribution in [3.63, 3.8) is 0 Å². The summed E-state index contributed by atoms with van der Waals surface area (Å²) >= 11 is 0. The molecule has 3 nitrogen and oxygen atoms in total. The Labute approximate surface area is 50.1 Å². The number of likely N-dealkylation sites (N-methyl/N-ethyl adjacent to an activating group) is 1. The molecule has 1 N–H and O–H groups in total. The SMILES string of the molecule is CNC1=NS(=O)C=C1. The zero-order valence-corrected chi connectivity index (χ0v) is 5.23. The lowest BCUT2D eigenvalue weighted by molar-refractivity contribution is 0.690. The summed E-state index contributed by atoms with van der Waals surface area (Å²) in [5, 5.41) is 4.30. The molecule has 0 saturated carbocycles. The minimum Gasteiger partial charge on any atom is -0.373 e. The summed E-state index contributed by atoms with van der Waals surface area (Å²) in [6, 6.07) is 0. The van der Waals surface area contributed by atoms with Gasteiger partial charge in [0, 0.05) is 12.5 Å².